The maximum atomic E-state index is 12.6. The van der Waals surface area contributed by atoms with E-state index in [1.54, 1.807) is 13.0 Å². The molecule has 5 aromatic rings. The molecule has 46 heavy (non-hydrogen) atoms. The Morgan fingerprint density at radius 1 is 1.02 bits per heavy atom. The van der Waals surface area contributed by atoms with Gasteiger partial charge in [0.05, 0.1) is 6.61 Å². The highest BCUT2D eigenvalue weighted by molar-refractivity contribution is 5.87. The van der Waals surface area contributed by atoms with E-state index in [0.29, 0.717) is 35.9 Å². The standard InChI is InChI=1S/C35H32F3N3O5/c1-2-43-34(42)29-16-15-26-27(7-5-8-28(26)40-29)39-19-18-23-6-3-4-9-31(23)44-21-22-10-12-24(13-11-22)33-41-30-20-25(46-35(36,37)38)14-17-32(30)45-33/h3-4,6,9-17,20,27,39H,2,5,7-8,18-19,21H2,1H3. The van der Waals surface area contributed by atoms with E-state index in [1.807, 2.05) is 48.5 Å². The molecule has 0 aliphatic heterocycles. The second kappa shape index (κ2) is 13.6. The predicted molar refractivity (Wildman–Crippen MR) is 164 cm³/mol. The second-order valence-electron chi connectivity index (χ2n) is 10.9. The lowest BCUT2D eigenvalue weighted by Crippen LogP contribution is -2.28. The minimum atomic E-state index is -4.78. The van der Waals surface area contributed by atoms with E-state index >= 15 is 0 Å². The molecule has 1 aliphatic carbocycles. The van der Waals surface area contributed by atoms with Crippen molar-refractivity contribution < 1.29 is 36.6 Å². The summed E-state index contributed by atoms with van der Waals surface area (Å²) in [5.41, 5.74) is 5.75. The van der Waals surface area contributed by atoms with Crippen LogP contribution in [0.4, 0.5) is 13.2 Å². The van der Waals surface area contributed by atoms with Crippen molar-refractivity contribution in [3.63, 3.8) is 0 Å². The van der Waals surface area contributed by atoms with Crippen LogP contribution < -0.4 is 14.8 Å². The number of aryl methyl sites for hydroxylation is 1. The van der Waals surface area contributed by atoms with Crippen molar-refractivity contribution in [2.24, 2.45) is 0 Å². The number of nitrogens with one attached hydrogen (secondary N) is 1. The number of hydrogen-bond donors (Lipinski definition) is 1. The Morgan fingerprint density at radius 3 is 2.65 bits per heavy atom. The van der Waals surface area contributed by atoms with Gasteiger partial charge in [0.15, 0.2) is 5.58 Å². The summed E-state index contributed by atoms with van der Waals surface area (Å²) in [5, 5.41) is 3.66. The van der Waals surface area contributed by atoms with Gasteiger partial charge in [0, 0.05) is 23.4 Å². The lowest BCUT2D eigenvalue weighted by Gasteiger charge is -2.26. The highest BCUT2D eigenvalue weighted by atomic mass is 19.4. The Hall–Kier alpha value is -4.90. The first-order valence-electron chi connectivity index (χ1n) is 15.1. The van der Waals surface area contributed by atoms with Gasteiger partial charge in [0.25, 0.3) is 0 Å². The lowest BCUT2D eigenvalue weighted by atomic mass is 9.91. The first-order valence-corrected chi connectivity index (χ1v) is 15.1. The van der Waals surface area contributed by atoms with Crippen LogP contribution in [0.5, 0.6) is 11.5 Å². The highest BCUT2D eigenvalue weighted by Crippen LogP contribution is 2.31. The SMILES string of the molecule is CCOC(=O)c1ccc2c(n1)CCCC2NCCc1ccccc1OCc1ccc(-c2nc3cc(OC(F)(F)F)ccc3o2)cc1. The molecule has 1 unspecified atom stereocenters. The Labute approximate surface area is 263 Å². The molecule has 0 spiro atoms. The fourth-order valence-electron chi connectivity index (χ4n) is 5.55. The van der Waals surface area contributed by atoms with Crippen LogP contribution >= 0.6 is 0 Å². The van der Waals surface area contributed by atoms with Crippen molar-refractivity contribution in [3.8, 4) is 23.0 Å². The maximum Gasteiger partial charge on any atom is 0.573 e. The number of oxazole rings is 1. The number of carbonyl (C=O) groups is 1. The Bertz CT molecular complexity index is 1820. The van der Waals surface area contributed by atoms with Gasteiger partial charge in [-0.25, -0.2) is 14.8 Å². The number of esters is 1. The average molecular weight is 632 g/mol. The van der Waals surface area contributed by atoms with E-state index in [9.17, 15) is 18.0 Å². The Balaban J connectivity index is 1.05. The van der Waals surface area contributed by atoms with E-state index in [0.717, 1.165) is 60.4 Å². The van der Waals surface area contributed by atoms with Gasteiger partial charge in [-0.3, -0.25) is 0 Å². The van der Waals surface area contributed by atoms with Crippen LogP contribution in [0.25, 0.3) is 22.6 Å². The molecular weight excluding hydrogens is 599 g/mol. The molecule has 0 saturated carbocycles. The predicted octanol–water partition coefficient (Wildman–Crippen LogP) is 7.75. The average Bonchev–Trinajstić information content (AvgIpc) is 3.47. The summed E-state index contributed by atoms with van der Waals surface area (Å²) < 4.78 is 58.7. The van der Waals surface area contributed by atoms with Gasteiger partial charge in [-0.05, 0) is 92.2 Å². The molecule has 2 aromatic heterocycles. The molecule has 8 nitrogen and oxygen atoms in total. The first kappa shape index (κ1) is 31.1. The molecule has 1 aliphatic rings. The summed E-state index contributed by atoms with van der Waals surface area (Å²) in [6.45, 7) is 3.19. The summed E-state index contributed by atoms with van der Waals surface area (Å²) in [6.07, 6.45) is -1.18. The molecule has 238 valence electrons. The Morgan fingerprint density at radius 2 is 1.85 bits per heavy atom. The molecular formula is C35H32F3N3O5. The zero-order valence-electron chi connectivity index (χ0n) is 25.1. The lowest BCUT2D eigenvalue weighted by molar-refractivity contribution is -0.274. The first-order chi connectivity index (χ1) is 22.3. The van der Waals surface area contributed by atoms with Crippen LogP contribution in [-0.4, -0.2) is 35.5 Å². The van der Waals surface area contributed by atoms with Crippen LogP contribution in [-0.2, 0) is 24.2 Å². The number of hydrogen-bond acceptors (Lipinski definition) is 8. The number of alkyl halides is 3. The van der Waals surface area contributed by atoms with Crippen molar-refractivity contribution in [2.45, 2.75) is 51.6 Å². The summed E-state index contributed by atoms with van der Waals surface area (Å²) in [6, 6.07) is 23.1. The summed E-state index contributed by atoms with van der Waals surface area (Å²) >= 11 is 0. The number of benzene rings is 3. The van der Waals surface area contributed by atoms with Crippen LogP contribution in [0.15, 0.2) is 83.3 Å². The second-order valence-corrected chi connectivity index (χ2v) is 10.9. The van der Waals surface area contributed by atoms with Crippen LogP contribution in [0.3, 0.4) is 0 Å². The molecule has 0 radical (unpaired) electrons. The summed E-state index contributed by atoms with van der Waals surface area (Å²) in [4.78, 5) is 21.0. The van der Waals surface area contributed by atoms with Gasteiger partial charge in [-0.1, -0.05) is 36.4 Å². The topological polar surface area (TPSA) is 95.7 Å². The number of nitrogens with zero attached hydrogens (tertiary/aromatic N) is 2. The molecule has 3 aromatic carbocycles. The monoisotopic (exact) mass is 631 g/mol. The third kappa shape index (κ3) is 7.48. The van der Waals surface area contributed by atoms with E-state index in [-0.39, 0.29) is 17.3 Å². The largest absolute Gasteiger partial charge is 0.573 e. The molecule has 1 N–H and O–H groups in total. The molecule has 0 bridgehead atoms. The van der Waals surface area contributed by atoms with Gasteiger partial charge in [0.1, 0.15) is 29.3 Å². The van der Waals surface area contributed by atoms with Crippen LogP contribution in [0.1, 0.15) is 58.7 Å². The zero-order valence-corrected chi connectivity index (χ0v) is 25.1. The number of ether oxygens (including phenoxy) is 3. The van der Waals surface area contributed by atoms with E-state index in [1.165, 1.54) is 18.2 Å². The van der Waals surface area contributed by atoms with E-state index in [4.69, 9.17) is 13.9 Å². The normalized spacial score (nSPS) is 14.6. The smallest absolute Gasteiger partial charge is 0.489 e. The molecule has 0 saturated heterocycles. The van der Waals surface area contributed by atoms with E-state index in [2.05, 4.69) is 26.1 Å². The number of halogens is 3. The molecule has 6 rings (SSSR count). The highest BCUT2D eigenvalue weighted by Gasteiger charge is 2.31. The number of pyridine rings is 1. The van der Waals surface area contributed by atoms with Gasteiger partial charge in [-0.2, -0.15) is 0 Å². The molecule has 0 fully saturated rings. The summed E-state index contributed by atoms with van der Waals surface area (Å²) in [7, 11) is 0. The number of rotatable bonds is 11. The Kier molecular flexibility index (Phi) is 9.20. The number of para-hydroxylation sites is 1. The van der Waals surface area contributed by atoms with Crippen molar-refractivity contribution in [3.05, 3.63) is 107 Å². The quantitative estimate of drug-likeness (QED) is 0.148. The number of fused-ring (bicyclic) bond motifs is 2. The fourth-order valence-corrected chi connectivity index (χ4v) is 5.55. The minimum absolute atomic E-state index is 0.163. The fraction of sp³-hybridized carbons (Fsp3) is 0.286. The van der Waals surface area contributed by atoms with Crippen molar-refractivity contribution in [2.75, 3.05) is 13.2 Å². The van der Waals surface area contributed by atoms with E-state index < -0.39 is 12.3 Å². The van der Waals surface area contributed by atoms with Gasteiger partial charge >= 0.3 is 12.3 Å². The van der Waals surface area contributed by atoms with Crippen LogP contribution in [0.2, 0.25) is 0 Å². The van der Waals surface area contributed by atoms with Gasteiger partial charge in [-0.15, -0.1) is 13.2 Å². The number of aromatic nitrogens is 2. The third-order valence-corrected chi connectivity index (χ3v) is 7.72. The van der Waals surface area contributed by atoms with Crippen molar-refractivity contribution in [1.29, 1.82) is 0 Å². The molecule has 1 atom stereocenters. The van der Waals surface area contributed by atoms with Crippen molar-refractivity contribution in [1.82, 2.24) is 15.3 Å². The molecule has 2 heterocycles. The van der Waals surface area contributed by atoms with Gasteiger partial charge < -0.3 is 23.9 Å². The summed E-state index contributed by atoms with van der Waals surface area (Å²) in [5.74, 6) is 0.344. The van der Waals surface area contributed by atoms with Gasteiger partial charge in [0.2, 0.25) is 5.89 Å². The van der Waals surface area contributed by atoms with Crippen molar-refractivity contribution >= 4 is 17.1 Å². The zero-order chi connectivity index (χ0) is 32.1. The molecule has 0 amide bonds. The number of carbonyl (C=O) groups excluding carboxylic acids is 1. The maximum absolute atomic E-state index is 12.6. The minimum Gasteiger partial charge on any atom is -0.489 e. The van der Waals surface area contributed by atoms with Crippen LogP contribution in [0, 0.1) is 0 Å². The third-order valence-electron chi connectivity index (χ3n) is 7.72. The molecule has 11 heteroatoms.